The predicted octanol–water partition coefficient (Wildman–Crippen LogP) is 2.89. The van der Waals surface area contributed by atoms with Crippen molar-refractivity contribution < 1.29 is 8.42 Å². The molecule has 0 aliphatic heterocycles. The molecule has 0 fully saturated rings. The predicted molar refractivity (Wildman–Crippen MR) is 130 cm³/mol. The Morgan fingerprint density at radius 3 is 2.39 bits per heavy atom. The van der Waals surface area contributed by atoms with Gasteiger partial charge in [0.15, 0.2) is 5.96 Å². The Labute approximate surface area is 188 Å². The van der Waals surface area contributed by atoms with Crippen molar-refractivity contribution in [1.82, 2.24) is 15.5 Å². The number of guanidine groups is 1. The first kappa shape index (κ1) is 27.1. The molecule has 28 heavy (non-hydrogen) atoms. The third kappa shape index (κ3) is 12.6. The lowest BCUT2D eigenvalue weighted by atomic mass is 10.1. The molecule has 0 amide bonds. The zero-order chi connectivity index (χ0) is 20.3. The standard InChI is InChI=1S/C20H36N4O2S.HI/c1-6-21-20(23-17(2)13-15-27(5,25)26)22-14-12-18(3)24(4)16-19-10-8-7-9-11-19;/h7-11,17-18H,6,12-16H2,1-5H3,(H2,21,22,23);1H. The minimum Gasteiger partial charge on any atom is -0.357 e. The Kier molecular flexibility index (Phi) is 13.7. The maximum absolute atomic E-state index is 11.3. The summed E-state index contributed by atoms with van der Waals surface area (Å²) < 4.78 is 22.6. The van der Waals surface area contributed by atoms with Crippen LogP contribution in [0.4, 0.5) is 0 Å². The molecule has 1 rings (SSSR count). The first-order valence-corrected chi connectivity index (χ1v) is 11.7. The SMILES string of the molecule is CCNC(=NCCC(C)N(C)Cc1ccccc1)NC(C)CCS(C)(=O)=O.I. The van der Waals surface area contributed by atoms with Crippen LogP contribution in [0.25, 0.3) is 0 Å². The van der Waals surface area contributed by atoms with Crippen molar-refractivity contribution in [3.05, 3.63) is 35.9 Å². The molecule has 0 bridgehead atoms. The summed E-state index contributed by atoms with van der Waals surface area (Å²) in [6.07, 6.45) is 2.80. The van der Waals surface area contributed by atoms with E-state index >= 15 is 0 Å². The molecule has 8 heteroatoms. The van der Waals surface area contributed by atoms with E-state index in [1.54, 1.807) is 0 Å². The molecule has 0 radical (unpaired) electrons. The molecule has 0 saturated heterocycles. The van der Waals surface area contributed by atoms with Gasteiger partial charge in [0, 0.05) is 38.0 Å². The lowest BCUT2D eigenvalue weighted by Crippen LogP contribution is -2.43. The fourth-order valence-corrected chi connectivity index (χ4v) is 3.41. The van der Waals surface area contributed by atoms with Crippen molar-refractivity contribution in [1.29, 1.82) is 0 Å². The molecule has 0 heterocycles. The van der Waals surface area contributed by atoms with Gasteiger partial charge in [0.2, 0.25) is 0 Å². The number of aliphatic imine (C=N–C) groups is 1. The maximum Gasteiger partial charge on any atom is 0.191 e. The summed E-state index contributed by atoms with van der Waals surface area (Å²) in [5, 5.41) is 6.52. The van der Waals surface area contributed by atoms with Crippen molar-refractivity contribution in [2.75, 3.05) is 32.1 Å². The Morgan fingerprint density at radius 1 is 1.18 bits per heavy atom. The van der Waals surface area contributed by atoms with Crippen LogP contribution in [0, 0.1) is 0 Å². The average Bonchev–Trinajstić information content (AvgIpc) is 2.60. The summed E-state index contributed by atoms with van der Waals surface area (Å²) in [5.74, 6) is 0.929. The van der Waals surface area contributed by atoms with E-state index in [0.717, 1.165) is 25.5 Å². The van der Waals surface area contributed by atoms with Gasteiger partial charge in [0.1, 0.15) is 9.84 Å². The summed E-state index contributed by atoms with van der Waals surface area (Å²) in [6.45, 7) is 8.63. The Balaban J connectivity index is 0.00000729. The first-order chi connectivity index (χ1) is 12.7. The monoisotopic (exact) mass is 524 g/mol. The molecule has 0 aliphatic carbocycles. The molecule has 2 atom stereocenters. The van der Waals surface area contributed by atoms with Gasteiger partial charge in [-0.2, -0.15) is 0 Å². The van der Waals surface area contributed by atoms with Crippen molar-refractivity contribution in [2.45, 2.75) is 52.2 Å². The molecule has 2 unspecified atom stereocenters. The topological polar surface area (TPSA) is 73.8 Å². The normalized spacial score (nSPS) is 14.3. The van der Waals surface area contributed by atoms with Crippen molar-refractivity contribution >= 4 is 39.8 Å². The lowest BCUT2D eigenvalue weighted by molar-refractivity contribution is 0.240. The van der Waals surface area contributed by atoms with Gasteiger partial charge in [-0.25, -0.2) is 8.42 Å². The van der Waals surface area contributed by atoms with Gasteiger partial charge in [-0.15, -0.1) is 24.0 Å². The average molecular weight is 525 g/mol. The van der Waals surface area contributed by atoms with Crippen LogP contribution in [0.2, 0.25) is 0 Å². The largest absolute Gasteiger partial charge is 0.357 e. The third-order valence-electron chi connectivity index (χ3n) is 4.49. The van der Waals surface area contributed by atoms with E-state index in [1.807, 2.05) is 19.9 Å². The highest BCUT2D eigenvalue weighted by Crippen LogP contribution is 2.08. The molecule has 162 valence electrons. The van der Waals surface area contributed by atoms with Gasteiger partial charge in [0.25, 0.3) is 0 Å². The number of nitrogens with one attached hydrogen (secondary N) is 2. The second kappa shape index (κ2) is 14.2. The van der Waals surface area contributed by atoms with Gasteiger partial charge >= 0.3 is 0 Å². The molecule has 0 saturated carbocycles. The van der Waals surface area contributed by atoms with Crippen LogP contribution in [-0.2, 0) is 16.4 Å². The Bertz CT molecular complexity index is 668. The number of hydrogen-bond acceptors (Lipinski definition) is 4. The van der Waals surface area contributed by atoms with Gasteiger partial charge in [-0.05, 0) is 46.2 Å². The lowest BCUT2D eigenvalue weighted by Gasteiger charge is -2.24. The number of rotatable bonds is 11. The van der Waals surface area contributed by atoms with Crippen LogP contribution in [0.15, 0.2) is 35.3 Å². The van der Waals surface area contributed by atoms with Gasteiger partial charge in [-0.3, -0.25) is 9.89 Å². The van der Waals surface area contributed by atoms with Gasteiger partial charge in [-0.1, -0.05) is 30.3 Å². The van der Waals surface area contributed by atoms with E-state index in [1.165, 1.54) is 11.8 Å². The van der Waals surface area contributed by atoms with E-state index in [9.17, 15) is 8.42 Å². The summed E-state index contributed by atoms with van der Waals surface area (Å²) in [5.41, 5.74) is 1.31. The molecule has 6 nitrogen and oxygen atoms in total. The van der Waals surface area contributed by atoms with Crippen molar-refractivity contribution in [3.8, 4) is 0 Å². The molecule has 0 aromatic heterocycles. The van der Waals surface area contributed by atoms with Crippen LogP contribution >= 0.6 is 24.0 Å². The van der Waals surface area contributed by atoms with Crippen LogP contribution < -0.4 is 10.6 Å². The summed E-state index contributed by atoms with van der Waals surface area (Å²) in [7, 11) is -0.800. The van der Waals surface area contributed by atoms with E-state index in [0.29, 0.717) is 19.0 Å². The minimum atomic E-state index is -2.94. The molecular weight excluding hydrogens is 487 g/mol. The minimum absolute atomic E-state index is 0. The van der Waals surface area contributed by atoms with Crippen LogP contribution in [0.5, 0.6) is 0 Å². The molecule has 2 N–H and O–H groups in total. The molecule has 1 aromatic rings. The van der Waals surface area contributed by atoms with E-state index in [2.05, 4.69) is 58.8 Å². The number of halogens is 1. The van der Waals surface area contributed by atoms with E-state index in [-0.39, 0.29) is 35.8 Å². The fourth-order valence-electron chi connectivity index (χ4n) is 2.63. The fraction of sp³-hybridized carbons (Fsp3) is 0.650. The Morgan fingerprint density at radius 2 is 1.82 bits per heavy atom. The zero-order valence-electron chi connectivity index (χ0n) is 17.8. The molecule has 1 aromatic carbocycles. The summed E-state index contributed by atoms with van der Waals surface area (Å²) in [4.78, 5) is 6.98. The maximum atomic E-state index is 11.3. The van der Waals surface area contributed by atoms with Gasteiger partial charge < -0.3 is 10.6 Å². The number of nitrogens with zero attached hydrogens (tertiary/aromatic N) is 2. The Hall–Kier alpha value is -0.870. The van der Waals surface area contributed by atoms with E-state index in [4.69, 9.17) is 0 Å². The number of hydrogen-bond donors (Lipinski definition) is 2. The molecule has 0 spiro atoms. The second-order valence-electron chi connectivity index (χ2n) is 7.26. The smallest absolute Gasteiger partial charge is 0.191 e. The quantitative estimate of drug-likeness (QED) is 0.265. The highest BCUT2D eigenvalue weighted by atomic mass is 127. The van der Waals surface area contributed by atoms with Gasteiger partial charge in [0.05, 0.1) is 5.75 Å². The van der Waals surface area contributed by atoms with Crippen LogP contribution in [0.3, 0.4) is 0 Å². The third-order valence-corrected chi connectivity index (χ3v) is 5.47. The molecular formula is C20H37IN4O2S. The van der Waals surface area contributed by atoms with E-state index < -0.39 is 9.84 Å². The second-order valence-corrected chi connectivity index (χ2v) is 9.52. The van der Waals surface area contributed by atoms with Crippen LogP contribution in [0.1, 0.15) is 39.2 Å². The first-order valence-electron chi connectivity index (χ1n) is 9.68. The van der Waals surface area contributed by atoms with Crippen molar-refractivity contribution in [3.63, 3.8) is 0 Å². The van der Waals surface area contributed by atoms with Crippen molar-refractivity contribution in [2.24, 2.45) is 4.99 Å². The zero-order valence-corrected chi connectivity index (χ0v) is 21.0. The summed E-state index contributed by atoms with van der Waals surface area (Å²) in [6, 6.07) is 10.9. The molecule has 0 aliphatic rings. The highest BCUT2D eigenvalue weighted by molar-refractivity contribution is 14.0. The highest BCUT2D eigenvalue weighted by Gasteiger charge is 2.11. The number of benzene rings is 1. The summed E-state index contributed by atoms with van der Waals surface area (Å²) >= 11 is 0. The van der Waals surface area contributed by atoms with Crippen LogP contribution in [-0.4, -0.2) is 63.5 Å². The number of sulfone groups is 1.